The number of nitrogens with zero attached hydrogens (tertiary/aromatic N) is 2. The van der Waals surface area contributed by atoms with Gasteiger partial charge in [0.15, 0.2) is 0 Å². The van der Waals surface area contributed by atoms with E-state index < -0.39 is 0 Å². The maximum Gasteiger partial charge on any atom is 0.249 e. The number of aromatic nitrogens is 1. The molecule has 0 radical (unpaired) electrons. The molecule has 2 aromatic rings. The second-order valence-corrected chi connectivity index (χ2v) is 6.18. The Labute approximate surface area is 122 Å². The van der Waals surface area contributed by atoms with Gasteiger partial charge in [0.2, 0.25) is 5.91 Å². The summed E-state index contributed by atoms with van der Waals surface area (Å²) in [5.41, 5.74) is 7.33. The Morgan fingerprint density at radius 3 is 3.05 bits per heavy atom. The third-order valence-electron chi connectivity index (χ3n) is 3.96. The Balaban J connectivity index is 1.78. The molecular formula is C15H19N3OS. The average molecular weight is 289 g/mol. The highest BCUT2D eigenvalue weighted by Crippen LogP contribution is 2.31. The van der Waals surface area contributed by atoms with Crippen molar-refractivity contribution >= 4 is 17.2 Å². The van der Waals surface area contributed by atoms with Crippen LogP contribution in [-0.2, 0) is 13.1 Å². The highest BCUT2D eigenvalue weighted by atomic mass is 32.1. The molecule has 1 aliphatic heterocycles. The lowest BCUT2D eigenvalue weighted by molar-refractivity contribution is 0.100. The first kappa shape index (κ1) is 13.4. The van der Waals surface area contributed by atoms with Crippen molar-refractivity contribution in [3.63, 3.8) is 0 Å². The molecule has 0 saturated carbocycles. The molecule has 0 bridgehead atoms. The maximum atomic E-state index is 11.2. The monoisotopic (exact) mass is 289 g/mol. The molecule has 2 N–H and O–H groups in total. The lowest BCUT2D eigenvalue weighted by Crippen LogP contribution is -2.36. The van der Waals surface area contributed by atoms with Crippen molar-refractivity contribution in [3.05, 3.63) is 45.9 Å². The molecule has 1 unspecified atom stereocenters. The number of amides is 1. The van der Waals surface area contributed by atoms with Crippen LogP contribution in [0.2, 0.25) is 0 Å². The number of fused-ring (bicyclic) bond motifs is 1. The lowest BCUT2D eigenvalue weighted by Gasteiger charge is -2.36. The molecule has 1 amide bonds. The summed E-state index contributed by atoms with van der Waals surface area (Å²) in [5, 5.41) is 1.85. The zero-order chi connectivity index (χ0) is 14.1. The van der Waals surface area contributed by atoms with Gasteiger partial charge in [-0.25, -0.2) is 0 Å². The number of carbonyl (C=O) groups excluding carboxylic acids is 1. The fraction of sp³-hybridized carbons (Fsp3) is 0.400. The third kappa shape index (κ3) is 2.39. The molecule has 0 fully saturated rings. The van der Waals surface area contributed by atoms with Gasteiger partial charge in [-0.1, -0.05) is 6.92 Å². The molecule has 20 heavy (non-hydrogen) atoms. The summed E-state index contributed by atoms with van der Waals surface area (Å²) in [6.07, 6.45) is 3.25. The van der Waals surface area contributed by atoms with Gasteiger partial charge in [0.05, 0.1) is 11.6 Å². The van der Waals surface area contributed by atoms with Crippen LogP contribution in [0.15, 0.2) is 29.8 Å². The smallest absolute Gasteiger partial charge is 0.249 e. The van der Waals surface area contributed by atoms with Crippen LogP contribution in [-0.4, -0.2) is 21.9 Å². The third-order valence-corrected chi connectivity index (χ3v) is 4.88. The van der Waals surface area contributed by atoms with Crippen LogP contribution in [0.4, 0.5) is 0 Å². The van der Waals surface area contributed by atoms with Crippen LogP contribution in [0, 0.1) is 0 Å². The molecule has 2 aromatic heterocycles. The van der Waals surface area contributed by atoms with E-state index in [0.717, 1.165) is 26.1 Å². The summed E-state index contributed by atoms with van der Waals surface area (Å²) in [5.74, 6) is -0.341. The number of primary amides is 1. The van der Waals surface area contributed by atoms with Gasteiger partial charge in [0, 0.05) is 41.8 Å². The molecule has 0 spiro atoms. The first-order valence-electron chi connectivity index (χ1n) is 6.95. The number of rotatable bonds is 4. The summed E-state index contributed by atoms with van der Waals surface area (Å²) in [6, 6.07) is 6.72. The first-order chi connectivity index (χ1) is 9.69. The summed E-state index contributed by atoms with van der Waals surface area (Å²) in [7, 11) is 0. The summed E-state index contributed by atoms with van der Waals surface area (Å²) in [6.45, 7) is 5.20. The highest BCUT2D eigenvalue weighted by molar-refractivity contribution is 7.10. The van der Waals surface area contributed by atoms with E-state index in [2.05, 4.69) is 34.7 Å². The SMILES string of the molecule is CCC1c2cccn2CCN1Cc1cc(C(N)=O)cs1. The van der Waals surface area contributed by atoms with Crippen molar-refractivity contribution < 1.29 is 4.79 Å². The van der Waals surface area contributed by atoms with E-state index in [1.54, 1.807) is 11.3 Å². The molecule has 0 saturated heterocycles. The van der Waals surface area contributed by atoms with Crippen LogP contribution in [0.3, 0.4) is 0 Å². The van der Waals surface area contributed by atoms with Gasteiger partial charge in [-0.3, -0.25) is 9.69 Å². The number of nitrogens with two attached hydrogens (primary N) is 1. The van der Waals surface area contributed by atoms with E-state index in [4.69, 9.17) is 5.73 Å². The predicted octanol–water partition coefficient (Wildman–Crippen LogP) is 2.62. The quantitative estimate of drug-likeness (QED) is 0.940. The number of hydrogen-bond acceptors (Lipinski definition) is 3. The second kappa shape index (κ2) is 5.42. The van der Waals surface area contributed by atoms with Crippen molar-refractivity contribution in [2.75, 3.05) is 6.54 Å². The van der Waals surface area contributed by atoms with Gasteiger partial charge < -0.3 is 10.3 Å². The van der Waals surface area contributed by atoms with Crippen LogP contribution >= 0.6 is 11.3 Å². The van der Waals surface area contributed by atoms with Crippen molar-refractivity contribution in [2.45, 2.75) is 32.5 Å². The molecule has 3 rings (SSSR count). The molecule has 4 nitrogen and oxygen atoms in total. The second-order valence-electron chi connectivity index (χ2n) is 5.19. The molecule has 3 heterocycles. The number of hydrogen-bond donors (Lipinski definition) is 1. The van der Waals surface area contributed by atoms with Crippen LogP contribution < -0.4 is 5.73 Å². The standard InChI is InChI=1S/C15H19N3OS/c1-2-13-14-4-3-5-17(14)6-7-18(13)9-12-8-11(10-20-12)15(16)19/h3-5,8,10,13H,2,6-7,9H2,1H3,(H2,16,19). The fourth-order valence-electron chi connectivity index (χ4n) is 2.96. The number of carbonyl (C=O) groups is 1. The molecule has 5 heteroatoms. The average Bonchev–Trinajstić information content (AvgIpc) is 3.06. The molecule has 0 aliphatic carbocycles. The van der Waals surface area contributed by atoms with Crippen molar-refractivity contribution in [1.82, 2.24) is 9.47 Å². The molecule has 106 valence electrons. The van der Waals surface area contributed by atoms with Crippen LogP contribution in [0.5, 0.6) is 0 Å². The van der Waals surface area contributed by atoms with E-state index in [-0.39, 0.29) is 5.91 Å². The fourth-order valence-corrected chi connectivity index (χ4v) is 3.86. The lowest BCUT2D eigenvalue weighted by atomic mass is 10.1. The Morgan fingerprint density at radius 2 is 2.35 bits per heavy atom. The van der Waals surface area contributed by atoms with Crippen molar-refractivity contribution in [1.29, 1.82) is 0 Å². The van der Waals surface area contributed by atoms with Crippen LogP contribution in [0.1, 0.15) is 40.3 Å². The molecule has 1 aliphatic rings. The van der Waals surface area contributed by atoms with Gasteiger partial charge in [0.25, 0.3) is 0 Å². The molecule has 1 atom stereocenters. The van der Waals surface area contributed by atoms with Gasteiger partial charge in [-0.15, -0.1) is 11.3 Å². The first-order valence-corrected chi connectivity index (χ1v) is 7.83. The summed E-state index contributed by atoms with van der Waals surface area (Å²) in [4.78, 5) is 14.9. The van der Waals surface area contributed by atoms with E-state index in [1.165, 1.54) is 10.6 Å². The zero-order valence-corrected chi connectivity index (χ0v) is 12.4. The predicted molar refractivity (Wildman–Crippen MR) is 80.7 cm³/mol. The van der Waals surface area contributed by atoms with Gasteiger partial charge in [-0.05, 0) is 24.6 Å². The van der Waals surface area contributed by atoms with Gasteiger partial charge in [-0.2, -0.15) is 0 Å². The van der Waals surface area contributed by atoms with E-state index in [1.807, 2.05) is 11.4 Å². The minimum Gasteiger partial charge on any atom is -0.366 e. The van der Waals surface area contributed by atoms with Gasteiger partial charge >= 0.3 is 0 Å². The highest BCUT2D eigenvalue weighted by Gasteiger charge is 2.26. The normalized spacial score (nSPS) is 18.9. The van der Waals surface area contributed by atoms with Crippen LogP contribution in [0.25, 0.3) is 0 Å². The molecule has 0 aromatic carbocycles. The Bertz CT molecular complexity index is 616. The minimum atomic E-state index is -0.341. The zero-order valence-electron chi connectivity index (χ0n) is 11.6. The van der Waals surface area contributed by atoms with Gasteiger partial charge in [0.1, 0.15) is 0 Å². The minimum absolute atomic E-state index is 0.341. The van der Waals surface area contributed by atoms with Crippen molar-refractivity contribution in [2.24, 2.45) is 5.73 Å². The number of thiophene rings is 1. The largest absolute Gasteiger partial charge is 0.366 e. The van der Waals surface area contributed by atoms with E-state index in [9.17, 15) is 4.79 Å². The van der Waals surface area contributed by atoms with Crippen molar-refractivity contribution in [3.8, 4) is 0 Å². The Hall–Kier alpha value is -1.59. The Morgan fingerprint density at radius 1 is 1.50 bits per heavy atom. The maximum absolute atomic E-state index is 11.2. The molecular weight excluding hydrogens is 270 g/mol. The topological polar surface area (TPSA) is 51.3 Å². The Kier molecular flexibility index (Phi) is 3.63. The van der Waals surface area contributed by atoms with E-state index >= 15 is 0 Å². The van der Waals surface area contributed by atoms with E-state index in [0.29, 0.717) is 11.6 Å². The summed E-state index contributed by atoms with van der Waals surface area (Å²) >= 11 is 1.62. The summed E-state index contributed by atoms with van der Waals surface area (Å²) < 4.78 is 2.34.